The first-order chi connectivity index (χ1) is 15.6. The summed E-state index contributed by atoms with van der Waals surface area (Å²) in [5, 5.41) is 7.22. The Bertz CT molecular complexity index is 1230. The molecule has 0 saturated carbocycles. The summed E-state index contributed by atoms with van der Waals surface area (Å²) in [7, 11) is 3.21. The minimum absolute atomic E-state index is 0.0526. The quantitative estimate of drug-likeness (QED) is 0.383. The second-order valence-corrected chi connectivity index (χ2v) is 8.19. The lowest BCUT2D eigenvalue weighted by molar-refractivity contribution is 0.0754. The summed E-state index contributed by atoms with van der Waals surface area (Å²) in [6, 6.07) is 11.6. The van der Waals surface area contributed by atoms with Crippen molar-refractivity contribution in [2.24, 2.45) is 0 Å². The highest BCUT2D eigenvalue weighted by Crippen LogP contribution is 2.30. The third kappa shape index (κ3) is 4.05. The zero-order valence-corrected chi connectivity index (χ0v) is 19.5. The number of benzene rings is 1. The van der Waals surface area contributed by atoms with Gasteiger partial charge in [-0.2, -0.15) is 5.10 Å². The van der Waals surface area contributed by atoms with E-state index >= 15 is 0 Å². The van der Waals surface area contributed by atoms with Gasteiger partial charge in [-0.15, -0.1) is 11.3 Å². The molecular weight excluding hydrogens is 424 g/mol. The van der Waals surface area contributed by atoms with Crippen molar-refractivity contribution in [1.29, 1.82) is 0 Å². The van der Waals surface area contributed by atoms with Crippen LogP contribution in [0, 0.1) is 0 Å². The summed E-state index contributed by atoms with van der Waals surface area (Å²) < 4.78 is 12.6. The lowest BCUT2D eigenvalue weighted by Crippen LogP contribution is -2.30. The fourth-order valence-electron chi connectivity index (χ4n) is 3.70. The van der Waals surface area contributed by atoms with Crippen LogP contribution in [0.4, 0.5) is 0 Å². The SMILES string of the molecule is CCN(Cc1ccc(OC)c(OC)c1)C(=O)c1cc(-c2cccs2)nc2c1cnn2CC. The lowest BCUT2D eigenvalue weighted by Gasteiger charge is -2.22. The molecule has 0 bridgehead atoms. The number of carbonyl (C=O) groups is 1. The molecule has 8 heteroatoms. The lowest BCUT2D eigenvalue weighted by atomic mass is 10.1. The summed E-state index contributed by atoms with van der Waals surface area (Å²) in [4.78, 5) is 21.3. The number of aromatic nitrogens is 3. The van der Waals surface area contributed by atoms with Crippen molar-refractivity contribution in [3.8, 4) is 22.1 Å². The van der Waals surface area contributed by atoms with Crippen LogP contribution in [0.5, 0.6) is 11.5 Å². The summed E-state index contributed by atoms with van der Waals surface area (Å²) in [5.41, 5.74) is 3.09. The van der Waals surface area contributed by atoms with Gasteiger partial charge >= 0.3 is 0 Å². The van der Waals surface area contributed by atoms with Gasteiger partial charge in [-0.1, -0.05) is 12.1 Å². The second kappa shape index (κ2) is 9.40. The van der Waals surface area contributed by atoms with Crippen LogP contribution >= 0.6 is 11.3 Å². The molecule has 0 unspecified atom stereocenters. The average molecular weight is 451 g/mol. The van der Waals surface area contributed by atoms with Crippen LogP contribution in [0.25, 0.3) is 21.6 Å². The molecule has 1 aromatic carbocycles. The van der Waals surface area contributed by atoms with E-state index in [9.17, 15) is 4.79 Å². The maximum Gasteiger partial charge on any atom is 0.255 e. The summed E-state index contributed by atoms with van der Waals surface area (Å²) in [6.07, 6.45) is 1.74. The first-order valence-electron chi connectivity index (χ1n) is 10.5. The molecule has 7 nitrogen and oxygen atoms in total. The van der Waals surface area contributed by atoms with Gasteiger partial charge in [0.2, 0.25) is 0 Å². The molecule has 0 saturated heterocycles. The molecule has 0 atom stereocenters. The first-order valence-corrected chi connectivity index (χ1v) is 11.4. The number of aryl methyl sites for hydroxylation is 1. The molecule has 3 aromatic heterocycles. The summed E-state index contributed by atoms with van der Waals surface area (Å²) >= 11 is 1.60. The van der Waals surface area contributed by atoms with Crippen molar-refractivity contribution in [1.82, 2.24) is 19.7 Å². The maximum absolute atomic E-state index is 13.7. The number of hydrogen-bond acceptors (Lipinski definition) is 6. The number of ether oxygens (including phenoxy) is 2. The molecular formula is C24H26N4O3S. The number of amides is 1. The third-order valence-electron chi connectivity index (χ3n) is 5.40. The van der Waals surface area contributed by atoms with Gasteiger partial charge in [-0.05, 0) is 49.1 Å². The number of carbonyl (C=O) groups excluding carboxylic acids is 1. The number of pyridine rings is 1. The van der Waals surface area contributed by atoms with Gasteiger partial charge in [0.15, 0.2) is 17.1 Å². The Morgan fingerprint density at radius 3 is 2.59 bits per heavy atom. The van der Waals surface area contributed by atoms with Crippen LogP contribution in [-0.2, 0) is 13.1 Å². The van der Waals surface area contributed by atoms with Crippen molar-refractivity contribution in [2.75, 3.05) is 20.8 Å². The van der Waals surface area contributed by atoms with E-state index < -0.39 is 0 Å². The zero-order chi connectivity index (χ0) is 22.7. The fourth-order valence-corrected chi connectivity index (χ4v) is 4.39. The number of nitrogens with zero attached hydrogens (tertiary/aromatic N) is 4. The van der Waals surface area contributed by atoms with Gasteiger partial charge in [-0.3, -0.25) is 4.79 Å². The van der Waals surface area contributed by atoms with Crippen LogP contribution in [0.15, 0.2) is 48.0 Å². The van der Waals surface area contributed by atoms with Crippen LogP contribution < -0.4 is 9.47 Å². The maximum atomic E-state index is 13.7. The molecule has 4 aromatic rings. The van der Waals surface area contributed by atoms with E-state index in [-0.39, 0.29) is 5.91 Å². The predicted molar refractivity (Wildman–Crippen MR) is 126 cm³/mol. The van der Waals surface area contributed by atoms with Crippen molar-refractivity contribution in [3.63, 3.8) is 0 Å². The topological polar surface area (TPSA) is 69.5 Å². The molecule has 0 aliphatic carbocycles. The van der Waals surface area contributed by atoms with Crippen LogP contribution in [-0.4, -0.2) is 46.3 Å². The molecule has 0 aliphatic heterocycles. The van der Waals surface area contributed by atoms with Gasteiger partial charge in [0.25, 0.3) is 5.91 Å². The second-order valence-electron chi connectivity index (χ2n) is 7.24. The molecule has 1 amide bonds. The molecule has 4 rings (SSSR count). The van der Waals surface area contributed by atoms with Crippen LogP contribution in [0.1, 0.15) is 29.8 Å². The average Bonchev–Trinajstić information content (AvgIpc) is 3.51. The van der Waals surface area contributed by atoms with Crippen molar-refractivity contribution in [2.45, 2.75) is 26.9 Å². The molecule has 32 heavy (non-hydrogen) atoms. The molecule has 0 N–H and O–H groups in total. The fraction of sp³-hybridized carbons (Fsp3) is 0.292. The molecule has 0 aliphatic rings. The highest BCUT2D eigenvalue weighted by atomic mass is 32.1. The van der Waals surface area contributed by atoms with E-state index in [4.69, 9.17) is 14.5 Å². The number of thiophene rings is 1. The van der Waals surface area contributed by atoms with Crippen molar-refractivity contribution >= 4 is 28.3 Å². The van der Waals surface area contributed by atoms with Crippen LogP contribution in [0.2, 0.25) is 0 Å². The Balaban J connectivity index is 1.74. The highest BCUT2D eigenvalue weighted by molar-refractivity contribution is 7.13. The standard InChI is InChI=1S/C24H26N4O3S/c1-5-27(15-16-9-10-20(30-3)21(12-16)31-4)24(29)17-13-19(22-8-7-11-32-22)26-23-18(17)14-25-28(23)6-2/h7-14H,5-6,15H2,1-4H3. The summed E-state index contributed by atoms with van der Waals surface area (Å²) in [5.74, 6) is 1.25. The predicted octanol–water partition coefficient (Wildman–Crippen LogP) is 4.86. The van der Waals surface area contributed by atoms with E-state index in [1.165, 1.54) is 0 Å². The Morgan fingerprint density at radius 1 is 1.12 bits per heavy atom. The monoisotopic (exact) mass is 450 g/mol. The minimum atomic E-state index is -0.0526. The molecule has 0 radical (unpaired) electrons. The van der Waals surface area contributed by atoms with Crippen LogP contribution in [0.3, 0.4) is 0 Å². The highest BCUT2D eigenvalue weighted by Gasteiger charge is 2.22. The van der Waals surface area contributed by atoms with Gasteiger partial charge in [0.05, 0.1) is 41.9 Å². The van der Waals surface area contributed by atoms with E-state index in [0.29, 0.717) is 36.7 Å². The molecule has 3 heterocycles. The number of hydrogen-bond donors (Lipinski definition) is 0. The van der Waals surface area contributed by atoms with E-state index in [2.05, 4.69) is 5.10 Å². The van der Waals surface area contributed by atoms with Crippen molar-refractivity contribution < 1.29 is 14.3 Å². The van der Waals surface area contributed by atoms with Gasteiger partial charge in [0.1, 0.15) is 0 Å². The Labute approximate surface area is 191 Å². The number of methoxy groups -OCH3 is 2. The van der Waals surface area contributed by atoms with Crippen molar-refractivity contribution in [3.05, 3.63) is 59.1 Å². The zero-order valence-electron chi connectivity index (χ0n) is 18.7. The summed E-state index contributed by atoms with van der Waals surface area (Å²) in [6.45, 7) is 5.69. The largest absolute Gasteiger partial charge is 0.493 e. The third-order valence-corrected chi connectivity index (χ3v) is 6.30. The normalized spacial score (nSPS) is 11.0. The number of rotatable bonds is 8. The Kier molecular flexibility index (Phi) is 6.41. The van der Waals surface area contributed by atoms with E-state index in [1.807, 2.05) is 65.2 Å². The van der Waals surface area contributed by atoms with Gasteiger partial charge in [-0.25, -0.2) is 9.67 Å². The van der Waals surface area contributed by atoms with E-state index in [0.717, 1.165) is 27.2 Å². The molecule has 0 fully saturated rings. The minimum Gasteiger partial charge on any atom is -0.493 e. The van der Waals surface area contributed by atoms with Gasteiger partial charge in [0, 0.05) is 19.6 Å². The van der Waals surface area contributed by atoms with E-state index in [1.54, 1.807) is 31.8 Å². The number of fused-ring (bicyclic) bond motifs is 1. The Hall–Kier alpha value is -3.39. The first kappa shape index (κ1) is 21.8. The molecule has 0 spiro atoms. The smallest absolute Gasteiger partial charge is 0.255 e. The molecule has 166 valence electrons. The van der Waals surface area contributed by atoms with Gasteiger partial charge < -0.3 is 14.4 Å². The Morgan fingerprint density at radius 2 is 1.94 bits per heavy atom.